The van der Waals surface area contributed by atoms with Gasteiger partial charge in [0.15, 0.2) is 0 Å². The van der Waals surface area contributed by atoms with E-state index < -0.39 is 11.7 Å². The number of nitrogens with zero attached hydrogens (tertiary/aromatic N) is 1. The Bertz CT molecular complexity index is 523. The van der Waals surface area contributed by atoms with Crippen molar-refractivity contribution in [1.82, 2.24) is 10.2 Å². The average Bonchev–Trinajstić information content (AvgIpc) is 2.39. The fraction of sp³-hybridized carbons (Fsp3) is 0.625. The fourth-order valence-electron chi connectivity index (χ4n) is 3.08. The standard InChI is InChI=1S/C16H22BrF3N2.ClH/c1-15(2,3)14(22-8-6-21-7-9-22)12-10-11(16(18,19)20)4-5-13(12)17;/h4-5,10,14,21H,6-9H2,1-3H3;1H/t14-;/m0./s1. The first-order valence-corrected chi connectivity index (χ1v) is 8.21. The van der Waals surface area contributed by atoms with Gasteiger partial charge in [0.1, 0.15) is 0 Å². The van der Waals surface area contributed by atoms with Crippen LogP contribution in [-0.4, -0.2) is 31.1 Å². The first kappa shape index (κ1) is 20.7. The summed E-state index contributed by atoms with van der Waals surface area (Å²) in [6, 6.07) is 3.87. The molecule has 1 aliphatic rings. The molecule has 0 unspecified atom stereocenters. The Balaban J connectivity index is 0.00000264. The van der Waals surface area contributed by atoms with Crippen LogP contribution in [0, 0.1) is 5.41 Å². The number of piperazine rings is 1. The molecule has 7 heteroatoms. The van der Waals surface area contributed by atoms with Crippen LogP contribution in [0.4, 0.5) is 13.2 Å². The van der Waals surface area contributed by atoms with Crippen LogP contribution in [0.5, 0.6) is 0 Å². The Labute approximate surface area is 150 Å². The van der Waals surface area contributed by atoms with E-state index in [1.807, 2.05) is 0 Å². The molecule has 0 bridgehead atoms. The van der Waals surface area contributed by atoms with Gasteiger partial charge in [-0.05, 0) is 29.2 Å². The number of benzene rings is 1. The molecule has 132 valence electrons. The zero-order chi connectivity index (χ0) is 16.5. The van der Waals surface area contributed by atoms with Crippen LogP contribution in [0.25, 0.3) is 0 Å². The van der Waals surface area contributed by atoms with Crippen molar-refractivity contribution in [2.24, 2.45) is 5.41 Å². The van der Waals surface area contributed by atoms with Crippen molar-refractivity contribution in [3.8, 4) is 0 Å². The van der Waals surface area contributed by atoms with Crippen molar-refractivity contribution in [3.05, 3.63) is 33.8 Å². The summed E-state index contributed by atoms with van der Waals surface area (Å²) in [5, 5.41) is 3.29. The molecule has 1 saturated heterocycles. The van der Waals surface area contributed by atoms with Crippen LogP contribution in [0.2, 0.25) is 0 Å². The van der Waals surface area contributed by atoms with Gasteiger partial charge in [-0.3, -0.25) is 4.90 Å². The van der Waals surface area contributed by atoms with E-state index >= 15 is 0 Å². The summed E-state index contributed by atoms with van der Waals surface area (Å²) in [4.78, 5) is 2.27. The molecule has 0 saturated carbocycles. The van der Waals surface area contributed by atoms with Gasteiger partial charge < -0.3 is 5.32 Å². The molecule has 1 heterocycles. The fourth-order valence-corrected chi connectivity index (χ4v) is 3.54. The van der Waals surface area contributed by atoms with Gasteiger partial charge >= 0.3 is 6.18 Å². The van der Waals surface area contributed by atoms with Crippen LogP contribution in [0.15, 0.2) is 22.7 Å². The largest absolute Gasteiger partial charge is 0.416 e. The summed E-state index contributed by atoms with van der Waals surface area (Å²) < 4.78 is 39.9. The highest BCUT2D eigenvalue weighted by Crippen LogP contribution is 2.43. The molecule has 23 heavy (non-hydrogen) atoms. The minimum Gasteiger partial charge on any atom is -0.314 e. The Morgan fingerprint density at radius 2 is 1.70 bits per heavy atom. The van der Waals surface area contributed by atoms with Crippen molar-refractivity contribution in [2.75, 3.05) is 26.2 Å². The minimum atomic E-state index is -4.32. The lowest BCUT2D eigenvalue weighted by Gasteiger charge is -2.43. The molecule has 2 rings (SSSR count). The van der Waals surface area contributed by atoms with E-state index in [9.17, 15) is 13.2 Å². The molecule has 1 aromatic rings. The zero-order valence-electron chi connectivity index (χ0n) is 13.5. The van der Waals surface area contributed by atoms with Crippen LogP contribution in [0.3, 0.4) is 0 Å². The lowest BCUT2D eigenvalue weighted by atomic mass is 9.80. The maximum Gasteiger partial charge on any atom is 0.416 e. The number of hydrogen-bond donors (Lipinski definition) is 1. The highest BCUT2D eigenvalue weighted by Gasteiger charge is 2.36. The highest BCUT2D eigenvalue weighted by atomic mass is 79.9. The lowest BCUT2D eigenvalue weighted by Crippen LogP contribution is -2.48. The summed E-state index contributed by atoms with van der Waals surface area (Å²) in [6.45, 7) is 9.63. The molecule has 0 amide bonds. The van der Waals surface area contributed by atoms with Crippen LogP contribution in [0.1, 0.15) is 37.9 Å². The van der Waals surface area contributed by atoms with Gasteiger partial charge in [-0.25, -0.2) is 0 Å². The predicted octanol–water partition coefficient (Wildman–Crippen LogP) is 4.88. The molecule has 1 aromatic carbocycles. The van der Waals surface area contributed by atoms with Crippen LogP contribution < -0.4 is 5.32 Å². The van der Waals surface area contributed by atoms with Crippen molar-refractivity contribution < 1.29 is 13.2 Å². The van der Waals surface area contributed by atoms with E-state index in [-0.39, 0.29) is 23.9 Å². The normalized spacial score (nSPS) is 18.4. The predicted molar refractivity (Wildman–Crippen MR) is 93.0 cm³/mol. The van der Waals surface area contributed by atoms with Crippen molar-refractivity contribution in [2.45, 2.75) is 33.0 Å². The Hall–Kier alpha value is -0.300. The van der Waals surface area contributed by atoms with E-state index in [0.29, 0.717) is 5.56 Å². The van der Waals surface area contributed by atoms with Crippen LogP contribution in [-0.2, 0) is 6.18 Å². The van der Waals surface area contributed by atoms with E-state index in [1.54, 1.807) is 0 Å². The molecule has 1 N–H and O–H groups in total. The third-order valence-electron chi connectivity index (χ3n) is 3.95. The number of alkyl halides is 3. The van der Waals surface area contributed by atoms with Gasteiger partial charge in [0.2, 0.25) is 0 Å². The Morgan fingerprint density at radius 3 is 2.17 bits per heavy atom. The molecule has 1 aliphatic heterocycles. The molecular formula is C16H23BrClF3N2. The van der Waals surface area contributed by atoms with E-state index in [4.69, 9.17) is 0 Å². The molecule has 0 aromatic heterocycles. The van der Waals surface area contributed by atoms with Gasteiger partial charge in [-0.15, -0.1) is 12.4 Å². The summed E-state index contributed by atoms with van der Waals surface area (Å²) in [5.41, 5.74) is -0.0383. The van der Waals surface area contributed by atoms with Crippen molar-refractivity contribution in [3.63, 3.8) is 0 Å². The number of nitrogens with one attached hydrogen (secondary N) is 1. The summed E-state index contributed by atoms with van der Waals surface area (Å²) in [5.74, 6) is 0. The van der Waals surface area contributed by atoms with Gasteiger partial charge in [0.05, 0.1) is 5.56 Å². The van der Waals surface area contributed by atoms with Gasteiger partial charge in [0, 0.05) is 36.7 Å². The Morgan fingerprint density at radius 1 is 1.13 bits per heavy atom. The second-order valence-corrected chi connectivity index (χ2v) is 7.64. The summed E-state index contributed by atoms with van der Waals surface area (Å²) in [7, 11) is 0. The highest BCUT2D eigenvalue weighted by molar-refractivity contribution is 9.10. The first-order valence-electron chi connectivity index (χ1n) is 7.42. The molecule has 0 spiro atoms. The van der Waals surface area contributed by atoms with E-state index in [1.165, 1.54) is 12.1 Å². The van der Waals surface area contributed by atoms with Gasteiger partial charge in [-0.1, -0.05) is 36.7 Å². The molecule has 1 atom stereocenters. The van der Waals surface area contributed by atoms with E-state index in [2.05, 4.69) is 46.9 Å². The maximum atomic E-state index is 13.1. The van der Waals surface area contributed by atoms with Crippen molar-refractivity contribution >= 4 is 28.3 Å². The number of rotatable bonds is 2. The quantitative estimate of drug-likeness (QED) is 0.740. The second kappa shape index (κ2) is 7.72. The number of hydrogen-bond acceptors (Lipinski definition) is 2. The van der Waals surface area contributed by atoms with Gasteiger partial charge in [0.25, 0.3) is 0 Å². The second-order valence-electron chi connectivity index (χ2n) is 6.79. The zero-order valence-corrected chi connectivity index (χ0v) is 15.9. The SMILES string of the molecule is CC(C)(C)[C@H](c1cc(C(F)(F)F)ccc1Br)N1CCNCC1.Cl. The first-order chi connectivity index (χ1) is 10.1. The monoisotopic (exact) mass is 414 g/mol. The summed E-state index contributed by atoms with van der Waals surface area (Å²) >= 11 is 3.45. The summed E-state index contributed by atoms with van der Waals surface area (Å²) in [6.07, 6.45) is -4.32. The number of halogens is 5. The minimum absolute atomic E-state index is 0. The molecule has 1 fully saturated rings. The third-order valence-corrected chi connectivity index (χ3v) is 4.68. The van der Waals surface area contributed by atoms with Crippen molar-refractivity contribution in [1.29, 1.82) is 0 Å². The van der Waals surface area contributed by atoms with Gasteiger partial charge in [-0.2, -0.15) is 13.2 Å². The molecule has 2 nitrogen and oxygen atoms in total. The Kier molecular flexibility index (Phi) is 6.96. The average molecular weight is 416 g/mol. The topological polar surface area (TPSA) is 15.3 Å². The van der Waals surface area contributed by atoms with Crippen LogP contribution >= 0.6 is 28.3 Å². The molecular weight excluding hydrogens is 393 g/mol. The maximum absolute atomic E-state index is 13.1. The molecule has 0 radical (unpaired) electrons. The third kappa shape index (κ3) is 5.08. The molecule has 0 aliphatic carbocycles. The lowest BCUT2D eigenvalue weighted by molar-refractivity contribution is -0.137. The smallest absolute Gasteiger partial charge is 0.314 e. The van der Waals surface area contributed by atoms with E-state index in [0.717, 1.165) is 36.7 Å².